The SMILES string of the molecule is Clc1cncc(-c2cc(Br)cs2)c1. The van der Waals surface area contributed by atoms with Crippen molar-refractivity contribution in [2.75, 3.05) is 0 Å². The molecule has 0 atom stereocenters. The Balaban J connectivity index is 2.46. The Labute approximate surface area is 93.5 Å². The quantitative estimate of drug-likeness (QED) is 0.758. The van der Waals surface area contributed by atoms with Gasteiger partial charge in [-0.1, -0.05) is 11.6 Å². The lowest BCUT2D eigenvalue weighted by Gasteiger charge is -1.95. The molecule has 66 valence electrons. The van der Waals surface area contributed by atoms with Crippen LogP contribution in [0.1, 0.15) is 0 Å². The van der Waals surface area contributed by atoms with Gasteiger partial charge in [-0.25, -0.2) is 0 Å². The van der Waals surface area contributed by atoms with Crippen LogP contribution in [0.3, 0.4) is 0 Å². The Kier molecular flexibility index (Phi) is 2.67. The van der Waals surface area contributed by atoms with Gasteiger partial charge < -0.3 is 0 Å². The van der Waals surface area contributed by atoms with E-state index in [1.54, 1.807) is 17.5 Å². The van der Waals surface area contributed by atoms with Gasteiger partial charge in [0.15, 0.2) is 0 Å². The van der Waals surface area contributed by atoms with Gasteiger partial charge in [0.25, 0.3) is 0 Å². The normalized spacial score (nSPS) is 10.3. The second-order valence-electron chi connectivity index (χ2n) is 2.52. The molecule has 0 spiro atoms. The van der Waals surface area contributed by atoms with Crippen molar-refractivity contribution in [1.82, 2.24) is 4.98 Å². The number of hydrogen-bond acceptors (Lipinski definition) is 2. The van der Waals surface area contributed by atoms with E-state index in [4.69, 9.17) is 11.6 Å². The Morgan fingerprint density at radius 1 is 1.31 bits per heavy atom. The number of aromatic nitrogens is 1. The van der Waals surface area contributed by atoms with Gasteiger partial charge in [-0.3, -0.25) is 4.98 Å². The van der Waals surface area contributed by atoms with Crippen LogP contribution in [0.4, 0.5) is 0 Å². The van der Waals surface area contributed by atoms with Crippen molar-refractivity contribution < 1.29 is 0 Å². The van der Waals surface area contributed by atoms with Crippen LogP contribution in [-0.4, -0.2) is 4.98 Å². The fraction of sp³-hybridized carbons (Fsp3) is 0. The molecular formula is C9H5BrClNS. The lowest BCUT2D eigenvalue weighted by molar-refractivity contribution is 1.33. The molecule has 2 rings (SSSR count). The predicted octanol–water partition coefficient (Wildman–Crippen LogP) is 4.23. The van der Waals surface area contributed by atoms with Crippen LogP contribution in [0.2, 0.25) is 5.02 Å². The summed E-state index contributed by atoms with van der Waals surface area (Å²) in [6.45, 7) is 0. The van der Waals surface area contributed by atoms with Crippen molar-refractivity contribution >= 4 is 38.9 Å². The summed E-state index contributed by atoms with van der Waals surface area (Å²) in [5.41, 5.74) is 1.06. The van der Waals surface area contributed by atoms with Crippen molar-refractivity contribution in [2.24, 2.45) is 0 Å². The molecule has 0 fully saturated rings. The molecule has 0 saturated heterocycles. The van der Waals surface area contributed by atoms with Crippen molar-refractivity contribution in [3.05, 3.63) is 39.4 Å². The fourth-order valence-electron chi connectivity index (χ4n) is 1.01. The number of pyridine rings is 1. The van der Waals surface area contributed by atoms with E-state index < -0.39 is 0 Å². The van der Waals surface area contributed by atoms with E-state index >= 15 is 0 Å². The summed E-state index contributed by atoms with van der Waals surface area (Å²) in [6, 6.07) is 3.96. The molecule has 0 aliphatic carbocycles. The maximum atomic E-state index is 5.83. The van der Waals surface area contributed by atoms with E-state index in [-0.39, 0.29) is 0 Å². The summed E-state index contributed by atoms with van der Waals surface area (Å²) < 4.78 is 1.09. The first-order chi connectivity index (χ1) is 6.25. The lowest BCUT2D eigenvalue weighted by atomic mass is 10.2. The first-order valence-electron chi connectivity index (χ1n) is 3.60. The first kappa shape index (κ1) is 9.19. The van der Waals surface area contributed by atoms with E-state index in [0.717, 1.165) is 10.0 Å². The summed E-state index contributed by atoms with van der Waals surface area (Å²) in [5.74, 6) is 0. The van der Waals surface area contributed by atoms with E-state index in [1.165, 1.54) is 4.88 Å². The molecule has 0 radical (unpaired) electrons. The molecule has 2 aromatic rings. The zero-order chi connectivity index (χ0) is 9.26. The number of hydrogen-bond donors (Lipinski definition) is 0. The Hall–Kier alpha value is -0.380. The van der Waals surface area contributed by atoms with Gasteiger partial charge in [0.2, 0.25) is 0 Å². The highest BCUT2D eigenvalue weighted by atomic mass is 79.9. The fourth-order valence-corrected chi connectivity index (χ4v) is 2.60. The Morgan fingerprint density at radius 2 is 2.15 bits per heavy atom. The molecule has 0 aliphatic heterocycles. The number of rotatable bonds is 1. The van der Waals surface area contributed by atoms with Gasteiger partial charge in [0.05, 0.1) is 5.02 Å². The smallest absolute Gasteiger partial charge is 0.0595 e. The lowest BCUT2D eigenvalue weighted by Crippen LogP contribution is -1.75. The number of halogens is 2. The third-order valence-corrected chi connectivity index (χ3v) is 3.50. The second-order valence-corrected chi connectivity index (χ2v) is 4.78. The van der Waals surface area contributed by atoms with Crippen LogP contribution in [-0.2, 0) is 0 Å². The molecule has 2 aromatic heterocycles. The highest BCUT2D eigenvalue weighted by Crippen LogP contribution is 2.30. The largest absolute Gasteiger partial charge is 0.263 e. The summed E-state index contributed by atoms with van der Waals surface area (Å²) in [7, 11) is 0. The minimum Gasteiger partial charge on any atom is -0.263 e. The van der Waals surface area contributed by atoms with Crippen LogP contribution in [0.25, 0.3) is 10.4 Å². The first-order valence-corrected chi connectivity index (χ1v) is 5.66. The van der Waals surface area contributed by atoms with Crippen LogP contribution >= 0.6 is 38.9 Å². The summed E-state index contributed by atoms with van der Waals surface area (Å²) in [5, 5.41) is 2.71. The van der Waals surface area contributed by atoms with E-state index in [1.807, 2.05) is 17.6 Å². The second kappa shape index (κ2) is 3.78. The van der Waals surface area contributed by atoms with Crippen molar-refractivity contribution in [3.63, 3.8) is 0 Å². The van der Waals surface area contributed by atoms with Crippen LogP contribution in [0, 0.1) is 0 Å². The molecule has 0 N–H and O–H groups in total. The number of thiophene rings is 1. The minimum atomic E-state index is 0.669. The molecule has 1 nitrogen and oxygen atoms in total. The van der Waals surface area contributed by atoms with Crippen molar-refractivity contribution in [3.8, 4) is 10.4 Å². The zero-order valence-electron chi connectivity index (χ0n) is 6.50. The molecule has 0 aromatic carbocycles. The monoisotopic (exact) mass is 273 g/mol. The summed E-state index contributed by atoms with van der Waals surface area (Å²) in [4.78, 5) is 5.20. The maximum absolute atomic E-state index is 5.83. The van der Waals surface area contributed by atoms with Gasteiger partial charge in [-0.15, -0.1) is 11.3 Å². The highest BCUT2D eigenvalue weighted by molar-refractivity contribution is 9.10. The molecule has 0 saturated carbocycles. The predicted molar refractivity (Wildman–Crippen MR) is 60.3 cm³/mol. The van der Waals surface area contributed by atoms with Crippen molar-refractivity contribution in [1.29, 1.82) is 0 Å². The number of nitrogens with zero attached hydrogens (tertiary/aromatic N) is 1. The standard InChI is InChI=1S/C9H5BrClNS/c10-7-2-9(13-5-7)6-1-8(11)4-12-3-6/h1-5H. The summed E-state index contributed by atoms with van der Waals surface area (Å²) >= 11 is 10.9. The van der Waals surface area contributed by atoms with Crippen molar-refractivity contribution in [2.45, 2.75) is 0 Å². The van der Waals surface area contributed by atoms with E-state index in [2.05, 4.69) is 27.0 Å². The Bertz CT molecular complexity index is 427. The van der Waals surface area contributed by atoms with Gasteiger partial charge >= 0.3 is 0 Å². The molecule has 0 aliphatic rings. The van der Waals surface area contributed by atoms with Gasteiger partial charge in [0, 0.05) is 32.7 Å². The highest BCUT2D eigenvalue weighted by Gasteiger charge is 2.01. The topological polar surface area (TPSA) is 12.9 Å². The maximum Gasteiger partial charge on any atom is 0.0595 e. The molecule has 0 amide bonds. The molecule has 0 bridgehead atoms. The third kappa shape index (κ3) is 2.10. The van der Waals surface area contributed by atoms with E-state index in [9.17, 15) is 0 Å². The Morgan fingerprint density at radius 3 is 2.77 bits per heavy atom. The summed E-state index contributed by atoms with van der Waals surface area (Å²) in [6.07, 6.45) is 3.44. The molecule has 13 heavy (non-hydrogen) atoms. The van der Waals surface area contributed by atoms with Gasteiger partial charge in [0.1, 0.15) is 0 Å². The van der Waals surface area contributed by atoms with Gasteiger partial charge in [-0.05, 0) is 28.1 Å². The molecular weight excluding hydrogens is 270 g/mol. The van der Waals surface area contributed by atoms with Crippen LogP contribution in [0.5, 0.6) is 0 Å². The minimum absolute atomic E-state index is 0.669. The third-order valence-electron chi connectivity index (χ3n) is 1.56. The van der Waals surface area contributed by atoms with Gasteiger partial charge in [-0.2, -0.15) is 0 Å². The average Bonchev–Trinajstić information content (AvgIpc) is 2.52. The molecule has 4 heteroatoms. The zero-order valence-corrected chi connectivity index (χ0v) is 9.66. The van der Waals surface area contributed by atoms with Crippen LogP contribution in [0.15, 0.2) is 34.4 Å². The average molecular weight is 275 g/mol. The van der Waals surface area contributed by atoms with Crippen LogP contribution < -0.4 is 0 Å². The molecule has 2 heterocycles. The van der Waals surface area contributed by atoms with E-state index in [0.29, 0.717) is 5.02 Å². The molecule has 0 unspecified atom stereocenters.